The zero-order chi connectivity index (χ0) is 11.6. The van der Waals surface area contributed by atoms with Crippen LogP contribution in [0, 0.1) is 0 Å². The molecule has 1 atom stereocenters. The first-order chi connectivity index (χ1) is 7.57. The smallest absolute Gasteiger partial charge is 0.0746 e. The van der Waals surface area contributed by atoms with E-state index in [9.17, 15) is 5.11 Å². The summed E-state index contributed by atoms with van der Waals surface area (Å²) in [6, 6.07) is 6.24. The maximum Gasteiger partial charge on any atom is 0.0746 e. The Kier molecular flexibility index (Phi) is 3.26. The summed E-state index contributed by atoms with van der Waals surface area (Å²) in [5, 5.41) is 10.1. The molecule has 88 valence electrons. The summed E-state index contributed by atoms with van der Waals surface area (Å²) in [5.41, 5.74) is 0.462. The Morgan fingerprint density at radius 3 is 2.94 bits per heavy atom. The van der Waals surface area contributed by atoms with Gasteiger partial charge in [0.15, 0.2) is 0 Å². The third-order valence-corrected chi connectivity index (χ3v) is 3.27. The van der Waals surface area contributed by atoms with E-state index in [0.29, 0.717) is 0 Å². The fourth-order valence-corrected chi connectivity index (χ4v) is 2.52. The number of likely N-dealkylation sites (tertiary alicyclic amines) is 1. The molecule has 1 aromatic heterocycles. The summed E-state index contributed by atoms with van der Waals surface area (Å²) in [6.45, 7) is 5.70. The standard InChI is InChI=1S/C13H20N2O/c1-13(2,16)12-7-5-9-15(12)10-11-6-3-4-8-14-11/h3-4,6,8,12,16H,5,7,9-10H2,1-2H3. The number of hydrogen-bond donors (Lipinski definition) is 1. The lowest BCUT2D eigenvalue weighted by atomic mass is 9.96. The van der Waals surface area contributed by atoms with Gasteiger partial charge in [0, 0.05) is 18.8 Å². The summed E-state index contributed by atoms with van der Waals surface area (Å²) in [5.74, 6) is 0. The van der Waals surface area contributed by atoms with Crippen LogP contribution in [0.15, 0.2) is 24.4 Å². The molecule has 1 unspecified atom stereocenters. The van der Waals surface area contributed by atoms with Crippen molar-refractivity contribution in [3.8, 4) is 0 Å². The molecule has 1 saturated heterocycles. The number of pyridine rings is 1. The van der Waals surface area contributed by atoms with Gasteiger partial charge in [-0.25, -0.2) is 0 Å². The maximum atomic E-state index is 10.1. The largest absolute Gasteiger partial charge is 0.389 e. The Morgan fingerprint density at radius 2 is 2.31 bits per heavy atom. The van der Waals surface area contributed by atoms with Gasteiger partial charge >= 0.3 is 0 Å². The van der Waals surface area contributed by atoms with Crippen molar-refractivity contribution in [2.75, 3.05) is 6.54 Å². The second-order valence-electron chi connectivity index (χ2n) is 5.10. The van der Waals surface area contributed by atoms with Crippen molar-refractivity contribution in [2.24, 2.45) is 0 Å². The number of rotatable bonds is 3. The van der Waals surface area contributed by atoms with Crippen LogP contribution in [0.1, 0.15) is 32.4 Å². The van der Waals surface area contributed by atoms with E-state index in [1.807, 2.05) is 38.2 Å². The average Bonchev–Trinajstić information content (AvgIpc) is 2.67. The monoisotopic (exact) mass is 220 g/mol. The molecule has 3 nitrogen and oxygen atoms in total. The van der Waals surface area contributed by atoms with Gasteiger partial charge in [0.25, 0.3) is 0 Å². The van der Waals surface area contributed by atoms with Crippen LogP contribution in [0.3, 0.4) is 0 Å². The minimum Gasteiger partial charge on any atom is -0.389 e. The lowest BCUT2D eigenvalue weighted by Crippen LogP contribution is -2.45. The summed E-state index contributed by atoms with van der Waals surface area (Å²) in [7, 11) is 0. The van der Waals surface area contributed by atoms with E-state index < -0.39 is 5.60 Å². The highest BCUT2D eigenvalue weighted by Gasteiger charge is 2.35. The topological polar surface area (TPSA) is 36.4 Å². The predicted molar refractivity (Wildman–Crippen MR) is 64.0 cm³/mol. The Morgan fingerprint density at radius 1 is 1.50 bits per heavy atom. The van der Waals surface area contributed by atoms with Crippen molar-refractivity contribution in [1.29, 1.82) is 0 Å². The van der Waals surface area contributed by atoms with Crippen LogP contribution in [0.4, 0.5) is 0 Å². The third kappa shape index (κ3) is 2.60. The van der Waals surface area contributed by atoms with Crippen LogP contribution in [0.5, 0.6) is 0 Å². The molecule has 0 saturated carbocycles. The summed E-state index contributed by atoms with van der Waals surface area (Å²) >= 11 is 0. The van der Waals surface area contributed by atoms with Gasteiger partial charge in [-0.1, -0.05) is 6.07 Å². The molecule has 0 amide bonds. The van der Waals surface area contributed by atoms with E-state index in [-0.39, 0.29) is 6.04 Å². The molecule has 2 heterocycles. The number of nitrogens with zero attached hydrogens (tertiary/aromatic N) is 2. The van der Waals surface area contributed by atoms with Gasteiger partial charge in [0.1, 0.15) is 0 Å². The zero-order valence-corrected chi connectivity index (χ0v) is 10.1. The molecule has 1 aliphatic heterocycles. The number of aliphatic hydroxyl groups is 1. The second kappa shape index (κ2) is 4.52. The van der Waals surface area contributed by atoms with Gasteiger partial charge in [-0.2, -0.15) is 0 Å². The Hall–Kier alpha value is -0.930. The van der Waals surface area contributed by atoms with Crippen molar-refractivity contribution in [3.05, 3.63) is 30.1 Å². The van der Waals surface area contributed by atoms with Crippen molar-refractivity contribution >= 4 is 0 Å². The molecular formula is C13H20N2O. The highest BCUT2D eigenvalue weighted by Crippen LogP contribution is 2.27. The summed E-state index contributed by atoms with van der Waals surface area (Å²) in [4.78, 5) is 6.67. The molecule has 3 heteroatoms. The quantitative estimate of drug-likeness (QED) is 0.844. The normalized spacial score (nSPS) is 22.6. The van der Waals surface area contributed by atoms with Crippen molar-refractivity contribution < 1.29 is 5.11 Å². The first-order valence-corrected chi connectivity index (χ1v) is 5.94. The molecule has 0 spiro atoms. The van der Waals surface area contributed by atoms with Crippen molar-refractivity contribution in [1.82, 2.24) is 9.88 Å². The molecule has 0 radical (unpaired) electrons. The van der Waals surface area contributed by atoms with Gasteiger partial charge < -0.3 is 5.11 Å². The molecule has 0 aliphatic carbocycles. The van der Waals surface area contributed by atoms with Crippen LogP contribution < -0.4 is 0 Å². The highest BCUT2D eigenvalue weighted by molar-refractivity contribution is 5.05. The van der Waals surface area contributed by atoms with E-state index in [0.717, 1.165) is 25.2 Å². The molecular weight excluding hydrogens is 200 g/mol. The van der Waals surface area contributed by atoms with E-state index in [4.69, 9.17) is 0 Å². The zero-order valence-electron chi connectivity index (χ0n) is 10.1. The lowest BCUT2D eigenvalue weighted by Gasteiger charge is -2.33. The second-order valence-corrected chi connectivity index (χ2v) is 5.10. The van der Waals surface area contributed by atoms with Crippen LogP contribution in [0.2, 0.25) is 0 Å². The maximum absolute atomic E-state index is 10.1. The van der Waals surface area contributed by atoms with Crippen LogP contribution in [-0.2, 0) is 6.54 Å². The van der Waals surface area contributed by atoms with Crippen LogP contribution in [-0.4, -0.2) is 33.2 Å². The summed E-state index contributed by atoms with van der Waals surface area (Å²) < 4.78 is 0. The third-order valence-electron chi connectivity index (χ3n) is 3.27. The minimum atomic E-state index is -0.620. The highest BCUT2D eigenvalue weighted by atomic mass is 16.3. The van der Waals surface area contributed by atoms with Gasteiger partial charge in [-0.15, -0.1) is 0 Å². The molecule has 1 fully saturated rings. The number of hydrogen-bond acceptors (Lipinski definition) is 3. The molecule has 1 N–H and O–H groups in total. The lowest BCUT2D eigenvalue weighted by molar-refractivity contribution is -0.00536. The molecule has 1 aliphatic rings. The van der Waals surface area contributed by atoms with Crippen LogP contribution >= 0.6 is 0 Å². The van der Waals surface area contributed by atoms with E-state index >= 15 is 0 Å². The molecule has 1 aromatic rings. The fourth-order valence-electron chi connectivity index (χ4n) is 2.52. The van der Waals surface area contributed by atoms with E-state index in [2.05, 4.69) is 9.88 Å². The Bertz CT molecular complexity index is 332. The van der Waals surface area contributed by atoms with Gasteiger partial charge in [-0.05, 0) is 45.4 Å². The molecule has 0 aromatic carbocycles. The minimum absolute atomic E-state index is 0.259. The SMILES string of the molecule is CC(C)(O)C1CCCN1Cc1ccccn1. The van der Waals surface area contributed by atoms with E-state index in [1.165, 1.54) is 6.42 Å². The Balaban J connectivity index is 2.05. The first kappa shape index (κ1) is 11.6. The average molecular weight is 220 g/mol. The number of aromatic nitrogens is 1. The van der Waals surface area contributed by atoms with Crippen molar-refractivity contribution in [3.63, 3.8) is 0 Å². The predicted octanol–water partition coefficient (Wildman–Crippen LogP) is 1.82. The van der Waals surface area contributed by atoms with Crippen molar-refractivity contribution in [2.45, 2.75) is 44.9 Å². The summed E-state index contributed by atoms with van der Waals surface area (Å²) in [6.07, 6.45) is 4.07. The van der Waals surface area contributed by atoms with Gasteiger partial charge in [0.05, 0.1) is 11.3 Å². The molecule has 16 heavy (non-hydrogen) atoms. The van der Waals surface area contributed by atoms with Crippen LogP contribution in [0.25, 0.3) is 0 Å². The van der Waals surface area contributed by atoms with E-state index in [1.54, 1.807) is 0 Å². The van der Waals surface area contributed by atoms with Gasteiger partial charge in [0.2, 0.25) is 0 Å². The molecule has 0 bridgehead atoms. The fraction of sp³-hybridized carbons (Fsp3) is 0.615. The van der Waals surface area contributed by atoms with Gasteiger partial charge in [-0.3, -0.25) is 9.88 Å². The molecule has 2 rings (SSSR count). The Labute approximate surface area is 97.1 Å². The first-order valence-electron chi connectivity index (χ1n) is 5.94.